The first-order valence-electron chi connectivity index (χ1n) is 4.18. The van der Waals surface area contributed by atoms with Crippen LogP contribution in [0.1, 0.15) is 21.5 Å². The fourth-order valence-electron chi connectivity index (χ4n) is 1.12. The number of hydrogen-bond acceptors (Lipinski definition) is 2. The van der Waals surface area contributed by atoms with Gasteiger partial charge in [0, 0.05) is 0 Å². The molecular weight excluding hydrogens is 334 g/mol. The van der Waals surface area contributed by atoms with Crippen LogP contribution in [0.25, 0.3) is 0 Å². The lowest BCUT2D eigenvalue weighted by atomic mass is 10.0. The van der Waals surface area contributed by atoms with Crippen molar-refractivity contribution in [1.82, 2.24) is 0 Å². The van der Waals surface area contributed by atoms with E-state index in [0.717, 1.165) is 0 Å². The van der Waals surface area contributed by atoms with Crippen LogP contribution < -0.4 is 0 Å². The summed E-state index contributed by atoms with van der Waals surface area (Å²) in [5.41, 5.74) is -4.01. The van der Waals surface area contributed by atoms with E-state index in [1.54, 1.807) is 0 Å². The average molecular weight is 337 g/mol. The molecule has 1 rings (SSSR count). The molecular formula is C9H3BrF6O2. The molecule has 0 N–H and O–H groups in total. The van der Waals surface area contributed by atoms with Crippen molar-refractivity contribution in [3.63, 3.8) is 0 Å². The topological polar surface area (TPSA) is 26.3 Å². The first-order valence-corrected chi connectivity index (χ1v) is 4.83. The second-order valence-electron chi connectivity index (χ2n) is 3.16. The lowest BCUT2D eigenvalue weighted by Gasteiger charge is -2.12. The number of benzene rings is 1. The van der Waals surface area contributed by atoms with Crippen LogP contribution in [0.5, 0.6) is 0 Å². The Labute approximate surface area is 105 Å². The molecule has 0 saturated carbocycles. The minimum atomic E-state index is -5.00. The number of alkyl halides is 6. The van der Waals surface area contributed by atoms with Crippen LogP contribution in [0, 0.1) is 0 Å². The summed E-state index contributed by atoms with van der Waals surface area (Å²) in [6, 6.07) is 0.475. The van der Waals surface area contributed by atoms with Crippen molar-refractivity contribution in [2.24, 2.45) is 0 Å². The summed E-state index contributed by atoms with van der Waals surface area (Å²) in [6.45, 7) is 0. The van der Waals surface area contributed by atoms with Gasteiger partial charge >= 0.3 is 18.3 Å². The molecule has 0 aliphatic carbocycles. The van der Waals surface area contributed by atoms with Crippen molar-refractivity contribution in [2.75, 3.05) is 0 Å². The van der Waals surface area contributed by atoms with Crippen LogP contribution in [0.15, 0.2) is 18.2 Å². The minimum Gasteiger partial charge on any atom is -0.380 e. The molecule has 18 heavy (non-hydrogen) atoms. The van der Waals surface area contributed by atoms with E-state index >= 15 is 0 Å². The van der Waals surface area contributed by atoms with Crippen molar-refractivity contribution in [2.45, 2.75) is 12.4 Å². The Bertz CT molecular complexity index is 433. The molecule has 0 heterocycles. The van der Waals surface area contributed by atoms with E-state index in [4.69, 9.17) is 0 Å². The summed E-state index contributed by atoms with van der Waals surface area (Å²) in [4.78, 5) is 11.0. The Kier molecular flexibility index (Phi) is 3.94. The maximum Gasteiger partial charge on any atom is 0.416 e. The van der Waals surface area contributed by atoms with Gasteiger partial charge in [-0.1, -0.05) is 0 Å². The molecule has 1 aromatic carbocycles. The summed E-state index contributed by atoms with van der Waals surface area (Å²) in [7, 11) is 0. The Morgan fingerprint density at radius 2 is 1.33 bits per heavy atom. The van der Waals surface area contributed by atoms with Crippen LogP contribution >= 0.6 is 16.3 Å². The largest absolute Gasteiger partial charge is 0.416 e. The predicted octanol–water partition coefficient (Wildman–Crippen LogP) is 4.19. The van der Waals surface area contributed by atoms with Crippen molar-refractivity contribution < 1.29 is 35.0 Å². The molecule has 0 radical (unpaired) electrons. The molecule has 9 heteroatoms. The van der Waals surface area contributed by atoms with Gasteiger partial charge in [-0.3, -0.25) is 0 Å². The Morgan fingerprint density at radius 1 is 0.944 bits per heavy atom. The van der Waals surface area contributed by atoms with Crippen LogP contribution in [0.4, 0.5) is 26.3 Å². The summed E-state index contributed by atoms with van der Waals surface area (Å²) in [5.74, 6) is -1.36. The highest BCUT2D eigenvalue weighted by Gasteiger charge is 2.37. The third-order valence-electron chi connectivity index (χ3n) is 1.89. The summed E-state index contributed by atoms with van der Waals surface area (Å²) < 4.78 is 78.1. The van der Waals surface area contributed by atoms with E-state index < -0.39 is 35.0 Å². The van der Waals surface area contributed by atoms with Crippen molar-refractivity contribution in [1.29, 1.82) is 0 Å². The molecule has 0 aliphatic rings. The first kappa shape index (κ1) is 14.8. The van der Waals surface area contributed by atoms with Gasteiger partial charge in [0.25, 0.3) is 0 Å². The van der Waals surface area contributed by atoms with Crippen LogP contribution in [-0.2, 0) is 16.2 Å². The maximum absolute atomic E-state index is 12.4. The minimum absolute atomic E-state index is 0.0784. The number of hydrogen-bond donors (Lipinski definition) is 0. The van der Waals surface area contributed by atoms with Gasteiger partial charge in [-0.2, -0.15) is 26.3 Å². The van der Waals surface area contributed by atoms with E-state index in [1.165, 1.54) is 0 Å². The summed E-state index contributed by atoms with van der Waals surface area (Å²) in [5, 5.41) is 0. The zero-order valence-corrected chi connectivity index (χ0v) is 9.78. The van der Waals surface area contributed by atoms with E-state index in [1.807, 2.05) is 0 Å². The molecule has 100 valence electrons. The molecule has 0 aromatic heterocycles. The van der Waals surface area contributed by atoms with Crippen LogP contribution in [0.2, 0.25) is 0 Å². The average Bonchev–Trinajstić information content (AvgIpc) is 2.25. The van der Waals surface area contributed by atoms with E-state index in [9.17, 15) is 31.1 Å². The third kappa shape index (κ3) is 3.37. The molecule has 0 aliphatic heterocycles. The van der Waals surface area contributed by atoms with Gasteiger partial charge in [0.15, 0.2) is 16.3 Å². The number of carbonyl (C=O) groups is 1. The van der Waals surface area contributed by atoms with Gasteiger partial charge in [-0.15, -0.1) is 0 Å². The van der Waals surface area contributed by atoms with Crippen molar-refractivity contribution in [3.05, 3.63) is 34.9 Å². The third-order valence-corrected chi connectivity index (χ3v) is 2.19. The molecule has 0 atom stereocenters. The highest BCUT2D eigenvalue weighted by Crippen LogP contribution is 2.36. The lowest BCUT2D eigenvalue weighted by Crippen LogP contribution is -2.13. The van der Waals surface area contributed by atoms with Gasteiger partial charge in [0.05, 0.1) is 16.7 Å². The van der Waals surface area contributed by atoms with Crippen LogP contribution in [0.3, 0.4) is 0 Å². The molecule has 2 nitrogen and oxygen atoms in total. The number of halogens is 7. The Hall–Kier alpha value is -1.25. The molecule has 0 amide bonds. The Morgan fingerprint density at radius 3 is 1.61 bits per heavy atom. The number of carbonyl (C=O) groups excluding carboxylic acids is 1. The smallest absolute Gasteiger partial charge is 0.380 e. The van der Waals surface area contributed by atoms with E-state index in [2.05, 4.69) is 20.1 Å². The molecule has 0 fully saturated rings. The highest BCUT2D eigenvalue weighted by molar-refractivity contribution is 9.06. The summed E-state index contributed by atoms with van der Waals surface area (Å²) >= 11 is 2.19. The zero-order chi connectivity index (χ0) is 14.1. The fraction of sp³-hybridized carbons (Fsp3) is 0.222. The normalized spacial score (nSPS) is 12.4. The number of rotatable bonds is 1. The second kappa shape index (κ2) is 4.79. The van der Waals surface area contributed by atoms with Gasteiger partial charge < -0.3 is 3.83 Å². The van der Waals surface area contributed by atoms with E-state index in [0.29, 0.717) is 0 Å². The molecule has 0 saturated heterocycles. The lowest BCUT2D eigenvalue weighted by molar-refractivity contribution is -0.143. The van der Waals surface area contributed by atoms with Gasteiger partial charge in [-0.05, 0) is 18.2 Å². The predicted molar refractivity (Wildman–Crippen MR) is 50.8 cm³/mol. The molecule has 0 unspecified atom stereocenters. The quantitative estimate of drug-likeness (QED) is 0.719. The SMILES string of the molecule is O=C(OBr)c1cc(C(F)(F)F)cc(C(F)(F)F)c1. The summed E-state index contributed by atoms with van der Waals surface area (Å²) in [6.07, 6.45) is -9.99. The van der Waals surface area contributed by atoms with Crippen LogP contribution in [-0.4, -0.2) is 5.97 Å². The zero-order valence-electron chi connectivity index (χ0n) is 8.19. The van der Waals surface area contributed by atoms with Crippen molar-refractivity contribution >= 4 is 22.2 Å². The van der Waals surface area contributed by atoms with Gasteiger partial charge in [0.1, 0.15) is 0 Å². The van der Waals surface area contributed by atoms with Crippen molar-refractivity contribution in [3.8, 4) is 0 Å². The first-order chi connectivity index (χ1) is 8.05. The second-order valence-corrected chi connectivity index (χ2v) is 3.48. The Balaban J connectivity index is 3.44. The highest BCUT2D eigenvalue weighted by atomic mass is 79.9. The molecule has 0 spiro atoms. The molecule has 1 aromatic rings. The standard InChI is InChI=1S/C9H3BrF6O2/c10-18-7(17)4-1-5(8(11,12)13)3-6(2-4)9(14,15)16/h1-3H. The fourth-order valence-corrected chi connectivity index (χ4v) is 1.30. The monoisotopic (exact) mass is 336 g/mol. The van der Waals surface area contributed by atoms with Gasteiger partial charge in [0.2, 0.25) is 0 Å². The maximum atomic E-state index is 12.4. The van der Waals surface area contributed by atoms with Gasteiger partial charge in [-0.25, -0.2) is 4.79 Å². The van der Waals surface area contributed by atoms with E-state index in [-0.39, 0.29) is 18.2 Å². The molecule has 0 bridgehead atoms.